The molecule has 1 aliphatic heterocycles. The van der Waals surface area contributed by atoms with Crippen molar-refractivity contribution in [1.29, 1.82) is 0 Å². The lowest BCUT2D eigenvalue weighted by Gasteiger charge is -2.33. The van der Waals surface area contributed by atoms with Crippen LogP contribution in [0.3, 0.4) is 0 Å². The zero-order valence-electron chi connectivity index (χ0n) is 19.2. The molecule has 2 atom stereocenters. The number of benzene rings is 3. The SMILES string of the molecule is COc1cc(CO)cc(NC(C(=O)N2CCCOCC2c2ccccc2)c2ccc(O)cc2)c1. The second-order valence-corrected chi connectivity index (χ2v) is 8.28. The van der Waals surface area contributed by atoms with Crippen molar-refractivity contribution in [2.45, 2.75) is 25.1 Å². The zero-order chi connectivity index (χ0) is 23.9. The first kappa shape index (κ1) is 23.6. The number of rotatable bonds is 7. The number of anilines is 1. The third kappa shape index (κ3) is 5.50. The summed E-state index contributed by atoms with van der Waals surface area (Å²) in [6.45, 7) is 1.43. The average molecular weight is 463 g/mol. The van der Waals surface area contributed by atoms with E-state index < -0.39 is 6.04 Å². The number of aliphatic hydroxyl groups excluding tert-OH is 1. The Labute approximate surface area is 199 Å². The van der Waals surface area contributed by atoms with Crippen LogP contribution in [0, 0.1) is 0 Å². The number of nitrogens with zero attached hydrogens (tertiary/aromatic N) is 1. The summed E-state index contributed by atoms with van der Waals surface area (Å²) in [4.78, 5) is 16.0. The highest BCUT2D eigenvalue weighted by atomic mass is 16.5. The van der Waals surface area contributed by atoms with Gasteiger partial charge in [0, 0.05) is 24.9 Å². The van der Waals surface area contributed by atoms with E-state index in [9.17, 15) is 15.0 Å². The number of nitrogens with one attached hydrogen (secondary N) is 1. The molecule has 2 unspecified atom stereocenters. The van der Waals surface area contributed by atoms with Gasteiger partial charge < -0.3 is 29.9 Å². The molecule has 3 aromatic carbocycles. The molecule has 3 N–H and O–H groups in total. The standard InChI is InChI=1S/C27H30N2O5/c1-33-24-15-19(17-30)14-22(16-24)28-26(21-8-10-23(31)11-9-21)27(32)29-12-5-13-34-18-25(29)20-6-3-2-4-7-20/h2-4,6-11,14-16,25-26,28,30-31H,5,12-13,17-18H2,1H3. The Hall–Kier alpha value is -3.55. The number of methoxy groups -OCH3 is 1. The van der Waals surface area contributed by atoms with Crippen LogP contribution < -0.4 is 10.1 Å². The number of carbonyl (C=O) groups excluding carboxylic acids is 1. The predicted molar refractivity (Wildman–Crippen MR) is 130 cm³/mol. The summed E-state index contributed by atoms with van der Waals surface area (Å²) in [6.07, 6.45) is 0.741. The van der Waals surface area contributed by atoms with E-state index in [4.69, 9.17) is 9.47 Å². The lowest BCUT2D eigenvalue weighted by atomic mass is 10.0. The first-order valence-electron chi connectivity index (χ1n) is 11.4. The van der Waals surface area contributed by atoms with Crippen molar-refractivity contribution in [3.63, 3.8) is 0 Å². The molecule has 1 saturated heterocycles. The highest BCUT2D eigenvalue weighted by molar-refractivity contribution is 5.87. The molecule has 4 rings (SSSR count). The molecular weight excluding hydrogens is 432 g/mol. The first-order valence-corrected chi connectivity index (χ1v) is 11.4. The van der Waals surface area contributed by atoms with Gasteiger partial charge in [-0.1, -0.05) is 42.5 Å². The average Bonchev–Trinajstić information content (AvgIpc) is 3.14. The van der Waals surface area contributed by atoms with Gasteiger partial charge in [0.15, 0.2) is 0 Å². The van der Waals surface area contributed by atoms with Gasteiger partial charge in [0.25, 0.3) is 0 Å². The fourth-order valence-electron chi connectivity index (χ4n) is 4.23. The number of aliphatic hydroxyl groups is 1. The minimum absolute atomic E-state index is 0.0987. The second-order valence-electron chi connectivity index (χ2n) is 8.28. The molecule has 1 aliphatic rings. The van der Waals surface area contributed by atoms with E-state index in [1.165, 1.54) is 0 Å². The van der Waals surface area contributed by atoms with E-state index in [0.29, 0.717) is 42.3 Å². The van der Waals surface area contributed by atoms with Crippen molar-refractivity contribution >= 4 is 11.6 Å². The summed E-state index contributed by atoms with van der Waals surface area (Å²) in [5, 5.41) is 22.8. The van der Waals surface area contributed by atoms with Crippen molar-refractivity contribution in [3.8, 4) is 11.5 Å². The molecule has 7 nitrogen and oxygen atoms in total. The van der Waals surface area contributed by atoms with E-state index in [1.807, 2.05) is 35.2 Å². The number of aromatic hydroxyl groups is 1. The number of hydrogen-bond acceptors (Lipinski definition) is 6. The van der Waals surface area contributed by atoms with E-state index in [0.717, 1.165) is 12.0 Å². The molecule has 178 valence electrons. The molecule has 1 fully saturated rings. The lowest BCUT2D eigenvalue weighted by molar-refractivity contribution is -0.135. The highest BCUT2D eigenvalue weighted by Crippen LogP contribution is 2.31. The van der Waals surface area contributed by atoms with Crippen LogP contribution in [0.15, 0.2) is 72.8 Å². The number of amides is 1. The van der Waals surface area contributed by atoms with Gasteiger partial charge in [-0.15, -0.1) is 0 Å². The monoisotopic (exact) mass is 462 g/mol. The van der Waals surface area contributed by atoms with Gasteiger partial charge in [-0.3, -0.25) is 4.79 Å². The Morgan fingerprint density at radius 2 is 1.91 bits per heavy atom. The van der Waals surface area contributed by atoms with Crippen LogP contribution in [0.2, 0.25) is 0 Å². The zero-order valence-corrected chi connectivity index (χ0v) is 19.2. The molecule has 7 heteroatoms. The number of hydrogen-bond donors (Lipinski definition) is 3. The maximum atomic E-state index is 14.1. The summed E-state index contributed by atoms with van der Waals surface area (Å²) in [5.74, 6) is 0.610. The molecule has 1 amide bonds. The molecular formula is C27H30N2O5. The maximum Gasteiger partial charge on any atom is 0.250 e. The third-order valence-corrected chi connectivity index (χ3v) is 5.98. The minimum atomic E-state index is -0.719. The number of carbonyl (C=O) groups is 1. The first-order chi connectivity index (χ1) is 16.6. The molecule has 0 bridgehead atoms. The fraction of sp³-hybridized carbons (Fsp3) is 0.296. The predicted octanol–water partition coefficient (Wildman–Crippen LogP) is 4.04. The van der Waals surface area contributed by atoms with Crippen LogP contribution in [-0.2, 0) is 16.1 Å². The summed E-state index contributed by atoms with van der Waals surface area (Å²) >= 11 is 0. The second kappa shape index (κ2) is 11.0. The normalized spacial score (nSPS) is 17.0. The van der Waals surface area contributed by atoms with Crippen LogP contribution in [0.25, 0.3) is 0 Å². The van der Waals surface area contributed by atoms with Crippen LogP contribution in [0.4, 0.5) is 5.69 Å². The van der Waals surface area contributed by atoms with Crippen molar-refractivity contribution in [2.24, 2.45) is 0 Å². The van der Waals surface area contributed by atoms with Gasteiger partial charge in [-0.2, -0.15) is 0 Å². The van der Waals surface area contributed by atoms with E-state index in [1.54, 1.807) is 49.6 Å². The van der Waals surface area contributed by atoms with Crippen molar-refractivity contribution in [1.82, 2.24) is 4.90 Å². The summed E-state index contributed by atoms with van der Waals surface area (Å²) in [7, 11) is 1.56. The molecule has 0 aromatic heterocycles. The van der Waals surface area contributed by atoms with E-state index >= 15 is 0 Å². The van der Waals surface area contributed by atoms with Crippen molar-refractivity contribution in [2.75, 3.05) is 32.2 Å². The number of phenols is 1. The lowest BCUT2D eigenvalue weighted by Crippen LogP contribution is -2.41. The molecule has 0 spiro atoms. The van der Waals surface area contributed by atoms with Crippen LogP contribution in [0.1, 0.15) is 35.2 Å². The maximum absolute atomic E-state index is 14.1. The van der Waals surface area contributed by atoms with E-state index in [2.05, 4.69) is 5.32 Å². The molecule has 0 saturated carbocycles. The van der Waals surface area contributed by atoms with Gasteiger partial charge in [-0.25, -0.2) is 0 Å². The van der Waals surface area contributed by atoms with Gasteiger partial charge in [-0.05, 0) is 47.4 Å². The molecule has 34 heavy (non-hydrogen) atoms. The fourth-order valence-corrected chi connectivity index (χ4v) is 4.23. The molecule has 0 aliphatic carbocycles. The number of phenolic OH excluding ortho intramolecular Hbond substituents is 1. The van der Waals surface area contributed by atoms with Crippen molar-refractivity contribution < 1.29 is 24.5 Å². The van der Waals surface area contributed by atoms with Gasteiger partial charge in [0.05, 0.1) is 26.4 Å². The summed E-state index contributed by atoms with van der Waals surface area (Å²) in [5.41, 5.74) is 3.06. The van der Waals surface area contributed by atoms with Gasteiger partial charge in [0.1, 0.15) is 17.5 Å². The summed E-state index contributed by atoms with van der Waals surface area (Å²) in [6, 6.07) is 20.9. The van der Waals surface area contributed by atoms with Crippen LogP contribution in [0.5, 0.6) is 11.5 Å². The Bertz CT molecular complexity index is 1070. The van der Waals surface area contributed by atoms with Gasteiger partial charge >= 0.3 is 0 Å². The quantitative estimate of drug-likeness (QED) is 0.491. The van der Waals surface area contributed by atoms with Crippen LogP contribution >= 0.6 is 0 Å². The molecule has 3 aromatic rings. The van der Waals surface area contributed by atoms with Crippen molar-refractivity contribution in [3.05, 3.63) is 89.5 Å². The number of ether oxygens (including phenoxy) is 2. The molecule has 0 radical (unpaired) electrons. The molecule has 1 heterocycles. The Morgan fingerprint density at radius 1 is 1.15 bits per heavy atom. The van der Waals surface area contributed by atoms with Gasteiger partial charge in [0.2, 0.25) is 5.91 Å². The Morgan fingerprint density at radius 3 is 2.62 bits per heavy atom. The van der Waals surface area contributed by atoms with Crippen LogP contribution in [-0.4, -0.2) is 47.9 Å². The Kier molecular flexibility index (Phi) is 7.67. The summed E-state index contributed by atoms with van der Waals surface area (Å²) < 4.78 is 11.2. The third-order valence-electron chi connectivity index (χ3n) is 5.98. The highest BCUT2D eigenvalue weighted by Gasteiger charge is 2.33. The van der Waals surface area contributed by atoms with E-state index in [-0.39, 0.29) is 24.3 Å². The minimum Gasteiger partial charge on any atom is -0.508 e. The smallest absolute Gasteiger partial charge is 0.250 e. The largest absolute Gasteiger partial charge is 0.508 e. The Balaban J connectivity index is 1.72. The topological polar surface area (TPSA) is 91.3 Å².